The van der Waals surface area contributed by atoms with Gasteiger partial charge >= 0.3 is 0 Å². The highest BCUT2D eigenvalue weighted by molar-refractivity contribution is 5.22. The van der Waals surface area contributed by atoms with Crippen molar-refractivity contribution < 1.29 is 0 Å². The predicted molar refractivity (Wildman–Crippen MR) is 86.7 cm³/mol. The van der Waals surface area contributed by atoms with Crippen LogP contribution >= 0.6 is 0 Å². The van der Waals surface area contributed by atoms with Gasteiger partial charge in [0.2, 0.25) is 0 Å². The third kappa shape index (κ3) is 4.60. The van der Waals surface area contributed by atoms with Gasteiger partial charge in [0.15, 0.2) is 0 Å². The minimum absolute atomic E-state index is 0.547. The number of piperidine rings is 1. The average Bonchev–Trinajstić information content (AvgIpc) is 2.42. The fourth-order valence-electron chi connectivity index (χ4n) is 2.92. The van der Waals surface area contributed by atoms with Gasteiger partial charge in [-0.25, -0.2) is 0 Å². The van der Waals surface area contributed by atoms with Crippen LogP contribution < -0.4 is 5.32 Å². The summed E-state index contributed by atoms with van der Waals surface area (Å²) in [5.74, 6) is 0.848. The highest BCUT2D eigenvalue weighted by Crippen LogP contribution is 2.23. The van der Waals surface area contributed by atoms with Crippen molar-refractivity contribution in [3.63, 3.8) is 0 Å². The minimum atomic E-state index is 0.547. The Hall–Kier alpha value is -0.860. The second kappa shape index (κ2) is 7.24. The first-order chi connectivity index (χ1) is 9.54. The molecule has 1 heterocycles. The van der Waals surface area contributed by atoms with E-state index in [1.54, 1.807) is 0 Å². The van der Waals surface area contributed by atoms with Gasteiger partial charge in [-0.3, -0.25) is 4.90 Å². The van der Waals surface area contributed by atoms with E-state index in [9.17, 15) is 0 Å². The Morgan fingerprint density at radius 2 is 1.75 bits per heavy atom. The summed E-state index contributed by atoms with van der Waals surface area (Å²) in [6.45, 7) is 12.4. The molecule has 0 amide bonds. The Labute approximate surface area is 124 Å². The SMILES string of the molecule is CC1CCC(C)N(Cc2ccc(CNC(C)C)cc2)C1. The molecular formula is C18H30N2. The Bertz CT molecular complexity index is 396. The molecule has 1 N–H and O–H groups in total. The Kier molecular flexibility index (Phi) is 5.62. The molecule has 112 valence electrons. The molecule has 2 heteroatoms. The first kappa shape index (κ1) is 15.5. The molecule has 1 aromatic rings. The molecule has 0 bridgehead atoms. The van der Waals surface area contributed by atoms with Crippen LogP contribution in [0.3, 0.4) is 0 Å². The van der Waals surface area contributed by atoms with Gasteiger partial charge in [-0.1, -0.05) is 45.0 Å². The van der Waals surface area contributed by atoms with E-state index in [0.29, 0.717) is 6.04 Å². The van der Waals surface area contributed by atoms with E-state index in [4.69, 9.17) is 0 Å². The number of nitrogens with zero attached hydrogens (tertiary/aromatic N) is 1. The maximum atomic E-state index is 3.47. The van der Waals surface area contributed by atoms with Gasteiger partial charge in [-0.15, -0.1) is 0 Å². The molecular weight excluding hydrogens is 244 g/mol. The molecule has 2 atom stereocenters. The van der Waals surface area contributed by atoms with E-state index >= 15 is 0 Å². The summed E-state index contributed by atoms with van der Waals surface area (Å²) in [7, 11) is 0. The third-order valence-corrected chi connectivity index (χ3v) is 4.37. The van der Waals surface area contributed by atoms with Crippen molar-refractivity contribution in [3.05, 3.63) is 35.4 Å². The standard InChI is InChI=1S/C18H30N2/c1-14(2)19-11-17-7-9-18(10-8-17)13-20-12-15(3)5-6-16(20)4/h7-10,14-16,19H,5-6,11-13H2,1-4H3. The van der Waals surface area contributed by atoms with Crippen LogP contribution in [0.15, 0.2) is 24.3 Å². The summed E-state index contributed by atoms with van der Waals surface area (Å²) in [4.78, 5) is 2.63. The maximum Gasteiger partial charge on any atom is 0.0236 e. The lowest BCUT2D eigenvalue weighted by molar-refractivity contribution is 0.117. The van der Waals surface area contributed by atoms with Crippen molar-refractivity contribution in [1.29, 1.82) is 0 Å². The van der Waals surface area contributed by atoms with Gasteiger partial charge in [-0.2, -0.15) is 0 Å². The van der Waals surface area contributed by atoms with Crippen LogP contribution in [0.1, 0.15) is 51.7 Å². The Balaban J connectivity index is 1.89. The third-order valence-electron chi connectivity index (χ3n) is 4.37. The number of rotatable bonds is 5. The van der Waals surface area contributed by atoms with E-state index in [0.717, 1.165) is 25.0 Å². The summed E-state index contributed by atoms with van der Waals surface area (Å²) in [5, 5.41) is 3.47. The fraction of sp³-hybridized carbons (Fsp3) is 0.667. The van der Waals surface area contributed by atoms with Crippen molar-refractivity contribution in [1.82, 2.24) is 10.2 Å². The van der Waals surface area contributed by atoms with Crippen LogP contribution in [0.5, 0.6) is 0 Å². The molecule has 0 spiro atoms. The van der Waals surface area contributed by atoms with Crippen molar-refractivity contribution in [2.45, 2.75) is 65.7 Å². The van der Waals surface area contributed by atoms with Gasteiger partial charge in [-0.05, 0) is 36.8 Å². The Morgan fingerprint density at radius 3 is 2.40 bits per heavy atom. The first-order valence-electron chi connectivity index (χ1n) is 8.10. The summed E-state index contributed by atoms with van der Waals surface area (Å²) in [6.07, 6.45) is 2.73. The van der Waals surface area contributed by atoms with Crippen LogP contribution in [-0.2, 0) is 13.1 Å². The zero-order valence-corrected chi connectivity index (χ0v) is 13.5. The van der Waals surface area contributed by atoms with Crippen molar-refractivity contribution >= 4 is 0 Å². The Morgan fingerprint density at radius 1 is 1.10 bits per heavy atom. The van der Waals surface area contributed by atoms with E-state index in [1.165, 1.54) is 30.5 Å². The molecule has 1 aliphatic heterocycles. The number of likely N-dealkylation sites (tertiary alicyclic amines) is 1. The predicted octanol–water partition coefficient (Wildman–Crippen LogP) is 3.81. The van der Waals surface area contributed by atoms with Crippen molar-refractivity contribution in [3.8, 4) is 0 Å². The van der Waals surface area contributed by atoms with Gasteiger partial charge in [0.05, 0.1) is 0 Å². The van der Waals surface area contributed by atoms with Crippen LogP contribution in [0.2, 0.25) is 0 Å². The zero-order chi connectivity index (χ0) is 14.5. The molecule has 1 saturated heterocycles. The van der Waals surface area contributed by atoms with Crippen molar-refractivity contribution in [2.75, 3.05) is 6.54 Å². The summed E-state index contributed by atoms with van der Waals surface area (Å²) >= 11 is 0. The molecule has 0 aromatic heterocycles. The smallest absolute Gasteiger partial charge is 0.0236 e. The second-order valence-corrected chi connectivity index (χ2v) is 6.81. The molecule has 0 aliphatic carbocycles. The second-order valence-electron chi connectivity index (χ2n) is 6.81. The monoisotopic (exact) mass is 274 g/mol. The average molecular weight is 274 g/mol. The topological polar surface area (TPSA) is 15.3 Å². The quantitative estimate of drug-likeness (QED) is 0.878. The van der Waals surface area contributed by atoms with E-state index < -0.39 is 0 Å². The van der Waals surface area contributed by atoms with Gasteiger partial charge < -0.3 is 5.32 Å². The van der Waals surface area contributed by atoms with Crippen molar-refractivity contribution in [2.24, 2.45) is 5.92 Å². The van der Waals surface area contributed by atoms with Crippen LogP contribution in [0.4, 0.5) is 0 Å². The number of hydrogen-bond donors (Lipinski definition) is 1. The molecule has 0 radical (unpaired) electrons. The van der Waals surface area contributed by atoms with Gasteiger partial charge in [0.25, 0.3) is 0 Å². The lowest BCUT2D eigenvalue weighted by atomic mass is 9.94. The lowest BCUT2D eigenvalue weighted by Crippen LogP contribution is -2.40. The summed E-state index contributed by atoms with van der Waals surface area (Å²) < 4.78 is 0. The number of hydrogen-bond acceptors (Lipinski definition) is 2. The molecule has 0 saturated carbocycles. The molecule has 2 nitrogen and oxygen atoms in total. The molecule has 1 aliphatic rings. The van der Waals surface area contributed by atoms with Gasteiger partial charge in [0.1, 0.15) is 0 Å². The largest absolute Gasteiger partial charge is 0.310 e. The highest BCUT2D eigenvalue weighted by Gasteiger charge is 2.22. The number of nitrogens with one attached hydrogen (secondary N) is 1. The number of benzene rings is 1. The highest BCUT2D eigenvalue weighted by atomic mass is 15.2. The fourth-order valence-corrected chi connectivity index (χ4v) is 2.92. The molecule has 2 unspecified atom stereocenters. The van der Waals surface area contributed by atoms with E-state index in [2.05, 4.69) is 62.2 Å². The summed E-state index contributed by atoms with van der Waals surface area (Å²) in [5.41, 5.74) is 2.82. The minimum Gasteiger partial charge on any atom is -0.310 e. The van der Waals surface area contributed by atoms with E-state index in [1.807, 2.05) is 0 Å². The first-order valence-corrected chi connectivity index (χ1v) is 8.10. The van der Waals surface area contributed by atoms with Gasteiger partial charge in [0, 0.05) is 31.7 Å². The molecule has 1 aromatic carbocycles. The molecule has 1 fully saturated rings. The summed E-state index contributed by atoms with van der Waals surface area (Å²) in [6, 6.07) is 10.4. The molecule has 2 rings (SSSR count). The van der Waals surface area contributed by atoms with Crippen LogP contribution in [0.25, 0.3) is 0 Å². The van der Waals surface area contributed by atoms with Crippen LogP contribution in [-0.4, -0.2) is 23.5 Å². The lowest BCUT2D eigenvalue weighted by Gasteiger charge is -2.36. The maximum absolute atomic E-state index is 3.47. The van der Waals surface area contributed by atoms with E-state index in [-0.39, 0.29) is 0 Å². The molecule has 20 heavy (non-hydrogen) atoms. The zero-order valence-electron chi connectivity index (χ0n) is 13.5. The normalized spacial score (nSPS) is 24.2. The van der Waals surface area contributed by atoms with Crippen LogP contribution in [0, 0.1) is 5.92 Å².